The Morgan fingerprint density at radius 2 is 1.78 bits per heavy atom. The molecule has 0 aliphatic rings. The van der Waals surface area contributed by atoms with Gasteiger partial charge in [0.15, 0.2) is 0 Å². The van der Waals surface area contributed by atoms with Crippen molar-refractivity contribution in [1.29, 1.82) is 0 Å². The van der Waals surface area contributed by atoms with Gasteiger partial charge in [-0.1, -0.05) is 54.6 Å². The minimum atomic E-state index is -0.398. The van der Waals surface area contributed by atoms with Crippen molar-refractivity contribution in [3.8, 4) is 0 Å². The molecule has 0 saturated heterocycles. The Morgan fingerprint density at radius 1 is 1.09 bits per heavy atom. The average molecular weight is 312 g/mol. The van der Waals surface area contributed by atoms with Gasteiger partial charge in [0.2, 0.25) is 0 Å². The number of nitrogens with one attached hydrogen (secondary N) is 1. The number of rotatable bonds is 6. The van der Waals surface area contributed by atoms with E-state index < -0.39 is 6.09 Å². The number of carbonyl (C=O) groups is 1. The van der Waals surface area contributed by atoms with Gasteiger partial charge in [-0.25, -0.2) is 4.79 Å². The van der Waals surface area contributed by atoms with Crippen LogP contribution >= 0.6 is 0 Å². The smallest absolute Gasteiger partial charge is 0.407 e. The molecule has 2 rings (SSSR count). The summed E-state index contributed by atoms with van der Waals surface area (Å²) in [4.78, 5) is 11.8. The van der Waals surface area contributed by atoms with Crippen LogP contribution in [-0.4, -0.2) is 12.1 Å². The third-order valence-corrected chi connectivity index (χ3v) is 3.60. The van der Waals surface area contributed by atoms with Crippen molar-refractivity contribution in [1.82, 2.24) is 5.32 Å². The maximum absolute atomic E-state index is 11.8. The summed E-state index contributed by atoms with van der Waals surface area (Å²) >= 11 is 0. The Morgan fingerprint density at radius 3 is 2.48 bits per heavy atom. The molecular formula is C19H24N2O2. The van der Waals surface area contributed by atoms with Crippen LogP contribution in [0.5, 0.6) is 0 Å². The number of alkyl carbamates (subject to hydrolysis) is 1. The van der Waals surface area contributed by atoms with Crippen LogP contribution in [0, 0.1) is 0 Å². The first-order valence-electron chi connectivity index (χ1n) is 7.86. The summed E-state index contributed by atoms with van der Waals surface area (Å²) in [5.41, 5.74) is 9.12. The predicted octanol–water partition coefficient (Wildman–Crippen LogP) is 3.56. The zero-order valence-corrected chi connectivity index (χ0v) is 13.7. The standard InChI is InChI=1S/C19H24N2O2/c1-14(11-17-9-6-10-18(12-17)15(2)20)21-19(22)23-13-16-7-4-3-5-8-16/h3-10,12,14-15H,11,13,20H2,1-2H3,(H,21,22). The molecule has 0 aliphatic carbocycles. The van der Waals surface area contributed by atoms with Gasteiger partial charge in [-0.05, 0) is 37.0 Å². The highest BCUT2D eigenvalue weighted by Gasteiger charge is 2.10. The summed E-state index contributed by atoms with van der Waals surface area (Å²) in [6.45, 7) is 4.20. The summed E-state index contributed by atoms with van der Waals surface area (Å²) < 4.78 is 5.23. The molecule has 2 aromatic rings. The van der Waals surface area contributed by atoms with E-state index in [4.69, 9.17) is 10.5 Å². The van der Waals surface area contributed by atoms with Crippen LogP contribution in [0.2, 0.25) is 0 Å². The van der Waals surface area contributed by atoms with E-state index in [1.807, 2.05) is 62.4 Å². The maximum atomic E-state index is 11.8. The molecule has 2 unspecified atom stereocenters. The molecule has 0 bridgehead atoms. The molecule has 0 saturated carbocycles. The van der Waals surface area contributed by atoms with E-state index in [2.05, 4.69) is 11.4 Å². The second kappa shape index (κ2) is 8.34. The Labute approximate surface area is 137 Å². The highest BCUT2D eigenvalue weighted by Crippen LogP contribution is 2.13. The number of ether oxygens (including phenoxy) is 1. The van der Waals surface area contributed by atoms with E-state index in [0.717, 1.165) is 23.1 Å². The van der Waals surface area contributed by atoms with Crippen molar-refractivity contribution in [2.75, 3.05) is 0 Å². The zero-order chi connectivity index (χ0) is 16.7. The number of nitrogens with two attached hydrogens (primary N) is 1. The van der Waals surface area contributed by atoms with E-state index >= 15 is 0 Å². The number of carbonyl (C=O) groups excluding carboxylic acids is 1. The molecule has 0 spiro atoms. The Hall–Kier alpha value is -2.33. The van der Waals surface area contributed by atoms with E-state index in [0.29, 0.717) is 0 Å². The fourth-order valence-electron chi connectivity index (χ4n) is 2.37. The highest BCUT2D eigenvalue weighted by atomic mass is 16.5. The number of amides is 1. The van der Waals surface area contributed by atoms with Crippen molar-refractivity contribution in [2.45, 2.75) is 39.0 Å². The Balaban J connectivity index is 1.81. The molecule has 2 aromatic carbocycles. The molecule has 0 aromatic heterocycles. The SMILES string of the molecule is CC(Cc1cccc(C(C)N)c1)NC(=O)OCc1ccccc1. The maximum Gasteiger partial charge on any atom is 0.407 e. The minimum absolute atomic E-state index is 0.00838. The molecule has 1 amide bonds. The lowest BCUT2D eigenvalue weighted by Gasteiger charge is -2.15. The van der Waals surface area contributed by atoms with Gasteiger partial charge < -0.3 is 15.8 Å². The van der Waals surface area contributed by atoms with Gasteiger partial charge in [-0.3, -0.25) is 0 Å². The highest BCUT2D eigenvalue weighted by molar-refractivity contribution is 5.67. The van der Waals surface area contributed by atoms with E-state index in [1.54, 1.807) is 0 Å². The largest absolute Gasteiger partial charge is 0.445 e. The van der Waals surface area contributed by atoms with Gasteiger partial charge in [0.1, 0.15) is 6.61 Å². The van der Waals surface area contributed by atoms with Crippen molar-refractivity contribution in [3.05, 3.63) is 71.3 Å². The predicted molar refractivity (Wildman–Crippen MR) is 92.0 cm³/mol. The lowest BCUT2D eigenvalue weighted by atomic mass is 10.0. The van der Waals surface area contributed by atoms with E-state index in [1.165, 1.54) is 0 Å². The fraction of sp³-hybridized carbons (Fsp3) is 0.316. The Bertz CT molecular complexity index is 626. The van der Waals surface area contributed by atoms with Crippen LogP contribution in [0.25, 0.3) is 0 Å². The van der Waals surface area contributed by atoms with Crippen molar-refractivity contribution < 1.29 is 9.53 Å². The third-order valence-electron chi connectivity index (χ3n) is 3.60. The first kappa shape index (κ1) is 17.0. The molecule has 0 fully saturated rings. The first-order valence-corrected chi connectivity index (χ1v) is 7.86. The van der Waals surface area contributed by atoms with Gasteiger partial charge in [0.05, 0.1) is 0 Å². The lowest BCUT2D eigenvalue weighted by molar-refractivity contribution is 0.136. The molecule has 4 heteroatoms. The fourth-order valence-corrected chi connectivity index (χ4v) is 2.37. The lowest BCUT2D eigenvalue weighted by Crippen LogP contribution is -2.34. The normalized spacial score (nSPS) is 13.2. The van der Waals surface area contributed by atoms with Crippen molar-refractivity contribution in [3.63, 3.8) is 0 Å². The molecule has 2 atom stereocenters. The summed E-state index contributed by atoms with van der Waals surface area (Å²) in [6.07, 6.45) is 0.339. The third kappa shape index (κ3) is 5.75. The van der Waals surface area contributed by atoms with Crippen LogP contribution in [0.15, 0.2) is 54.6 Å². The van der Waals surface area contributed by atoms with Gasteiger partial charge in [0.25, 0.3) is 0 Å². The topological polar surface area (TPSA) is 64.3 Å². The summed E-state index contributed by atoms with van der Waals surface area (Å²) in [7, 11) is 0. The van der Waals surface area contributed by atoms with E-state index in [9.17, 15) is 4.79 Å². The molecule has 4 nitrogen and oxygen atoms in total. The van der Waals surface area contributed by atoms with Crippen molar-refractivity contribution in [2.24, 2.45) is 5.73 Å². The summed E-state index contributed by atoms with van der Waals surface area (Å²) in [5, 5.41) is 2.85. The summed E-state index contributed by atoms with van der Waals surface area (Å²) in [6, 6.07) is 17.8. The van der Waals surface area contributed by atoms with Gasteiger partial charge in [0, 0.05) is 12.1 Å². The molecule has 23 heavy (non-hydrogen) atoms. The molecular weight excluding hydrogens is 288 g/mol. The second-order valence-electron chi connectivity index (χ2n) is 5.84. The van der Waals surface area contributed by atoms with Crippen LogP contribution in [0.3, 0.4) is 0 Å². The van der Waals surface area contributed by atoms with E-state index in [-0.39, 0.29) is 18.7 Å². The quantitative estimate of drug-likeness (QED) is 0.857. The van der Waals surface area contributed by atoms with Gasteiger partial charge >= 0.3 is 6.09 Å². The zero-order valence-electron chi connectivity index (χ0n) is 13.7. The van der Waals surface area contributed by atoms with Crippen LogP contribution < -0.4 is 11.1 Å². The van der Waals surface area contributed by atoms with Gasteiger partial charge in [-0.2, -0.15) is 0 Å². The van der Waals surface area contributed by atoms with Gasteiger partial charge in [-0.15, -0.1) is 0 Å². The molecule has 3 N–H and O–H groups in total. The molecule has 0 heterocycles. The number of hydrogen-bond donors (Lipinski definition) is 2. The Kier molecular flexibility index (Phi) is 6.18. The number of hydrogen-bond acceptors (Lipinski definition) is 3. The molecule has 0 radical (unpaired) electrons. The first-order chi connectivity index (χ1) is 11.0. The monoisotopic (exact) mass is 312 g/mol. The van der Waals surface area contributed by atoms with Crippen LogP contribution in [0.4, 0.5) is 4.79 Å². The summed E-state index contributed by atoms with van der Waals surface area (Å²) in [5.74, 6) is 0. The second-order valence-corrected chi connectivity index (χ2v) is 5.84. The van der Waals surface area contributed by atoms with Crippen LogP contribution in [-0.2, 0) is 17.8 Å². The molecule has 0 aliphatic heterocycles. The number of benzene rings is 2. The van der Waals surface area contributed by atoms with Crippen LogP contribution in [0.1, 0.15) is 36.6 Å². The molecule has 122 valence electrons. The van der Waals surface area contributed by atoms with Crippen molar-refractivity contribution >= 4 is 6.09 Å². The minimum Gasteiger partial charge on any atom is -0.445 e. The average Bonchev–Trinajstić information content (AvgIpc) is 2.54.